The molecule has 0 aliphatic heterocycles. The highest BCUT2D eigenvalue weighted by Crippen LogP contribution is 2.22. The Labute approximate surface area is 125 Å². The summed E-state index contributed by atoms with van der Waals surface area (Å²) in [5.74, 6) is -0.174. The Balaban J connectivity index is 2.11. The van der Waals surface area contributed by atoms with Crippen LogP contribution in [0.25, 0.3) is 0 Å². The Morgan fingerprint density at radius 1 is 1.32 bits per heavy atom. The van der Waals surface area contributed by atoms with Gasteiger partial charge in [0.25, 0.3) is 5.91 Å². The minimum atomic E-state index is -0.174. The molecule has 1 atom stereocenters. The first kappa shape index (κ1) is 14.0. The van der Waals surface area contributed by atoms with Gasteiger partial charge in [0.2, 0.25) is 0 Å². The number of nitrogens with one attached hydrogen (secondary N) is 1. The molecule has 3 nitrogen and oxygen atoms in total. The molecule has 0 saturated carbocycles. The molecule has 0 aliphatic carbocycles. The summed E-state index contributed by atoms with van der Waals surface area (Å²) in [5, 5.41) is 3.54. The summed E-state index contributed by atoms with van der Waals surface area (Å²) >= 11 is 9.33. The van der Waals surface area contributed by atoms with E-state index in [1.807, 2.05) is 25.1 Å². The van der Waals surface area contributed by atoms with Crippen LogP contribution in [0.1, 0.15) is 28.9 Å². The van der Waals surface area contributed by atoms with E-state index in [9.17, 15) is 4.79 Å². The third kappa shape index (κ3) is 3.55. The lowest BCUT2D eigenvalue weighted by molar-refractivity contribution is 0.0939. The molecule has 98 valence electrons. The summed E-state index contributed by atoms with van der Waals surface area (Å²) in [5.41, 5.74) is 1.41. The normalized spacial score (nSPS) is 11.9. The lowest BCUT2D eigenvalue weighted by Crippen LogP contribution is -2.26. The van der Waals surface area contributed by atoms with Crippen molar-refractivity contribution in [2.24, 2.45) is 0 Å². The fraction of sp³-hybridized carbons (Fsp3) is 0.143. The zero-order valence-corrected chi connectivity index (χ0v) is 12.6. The first-order chi connectivity index (χ1) is 9.08. The van der Waals surface area contributed by atoms with Gasteiger partial charge in [-0.2, -0.15) is 0 Å². The van der Waals surface area contributed by atoms with Gasteiger partial charge in [-0.15, -0.1) is 0 Å². The van der Waals surface area contributed by atoms with Gasteiger partial charge in [-0.25, -0.2) is 4.98 Å². The molecule has 2 aromatic rings. The van der Waals surface area contributed by atoms with Gasteiger partial charge in [0.05, 0.1) is 11.6 Å². The van der Waals surface area contributed by atoms with E-state index in [1.165, 1.54) is 6.20 Å². The Morgan fingerprint density at radius 2 is 2.05 bits per heavy atom. The number of pyridine rings is 1. The van der Waals surface area contributed by atoms with Gasteiger partial charge in [-0.05, 0) is 46.6 Å². The van der Waals surface area contributed by atoms with Crippen molar-refractivity contribution in [2.45, 2.75) is 13.0 Å². The van der Waals surface area contributed by atoms with Crippen LogP contribution >= 0.6 is 27.5 Å². The highest BCUT2D eigenvalue weighted by molar-refractivity contribution is 9.10. The minimum Gasteiger partial charge on any atom is -0.345 e. The third-order valence-corrected chi connectivity index (χ3v) is 3.52. The van der Waals surface area contributed by atoms with Crippen LogP contribution in [-0.4, -0.2) is 10.9 Å². The number of nitrogens with zero attached hydrogens (tertiary/aromatic N) is 1. The second-order valence-electron chi connectivity index (χ2n) is 4.09. The van der Waals surface area contributed by atoms with E-state index in [0.29, 0.717) is 15.2 Å². The molecular formula is C14H12BrClN2O. The second-order valence-corrected chi connectivity index (χ2v) is 5.31. The summed E-state index contributed by atoms with van der Waals surface area (Å²) in [6, 6.07) is 10.7. The molecule has 19 heavy (non-hydrogen) atoms. The number of aromatic nitrogens is 1. The molecular weight excluding hydrogens is 328 g/mol. The Kier molecular flexibility index (Phi) is 4.56. The molecule has 1 N–H and O–H groups in total. The molecule has 1 heterocycles. The van der Waals surface area contributed by atoms with Gasteiger partial charge >= 0.3 is 0 Å². The molecule has 2 rings (SSSR count). The van der Waals surface area contributed by atoms with E-state index in [-0.39, 0.29) is 11.9 Å². The number of carbonyl (C=O) groups is 1. The molecule has 1 unspecified atom stereocenters. The Hall–Kier alpha value is -1.39. The molecule has 0 saturated heterocycles. The summed E-state index contributed by atoms with van der Waals surface area (Å²) < 4.78 is 0.697. The van der Waals surface area contributed by atoms with E-state index in [2.05, 4.69) is 26.2 Å². The van der Waals surface area contributed by atoms with E-state index in [1.54, 1.807) is 18.2 Å². The van der Waals surface area contributed by atoms with Crippen molar-refractivity contribution in [3.8, 4) is 0 Å². The topological polar surface area (TPSA) is 42.0 Å². The maximum atomic E-state index is 12.0. The van der Waals surface area contributed by atoms with Gasteiger partial charge in [0, 0.05) is 11.2 Å². The smallest absolute Gasteiger partial charge is 0.253 e. The van der Waals surface area contributed by atoms with Gasteiger partial charge < -0.3 is 5.32 Å². The average Bonchev–Trinajstić information content (AvgIpc) is 2.39. The van der Waals surface area contributed by atoms with Crippen molar-refractivity contribution < 1.29 is 4.79 Å². The minimum absolute atomic E-state index is 0.162. The number of hydrogen-bond donors (Lipinski definition) is 1. The van der Waals surface area contributed by atoms with Crippen molar-refractivity contribution in [3.63, 3.8) is 0 Å². The van der Waals surface area contributed by atoms with Crippen molar-refractivity contribution in [1.82, 2.24) is 10.3 Å². The fourth-order valence-electron chi connectivity index (χ4n) is 1.69. The van der Waals surface area contributed by atoms with Gasteiger partial charge in [0.15, 0.2) is 0 Å². The largest absolute Gasteiger partial charge is 0.345 e. The monoisotopic (exact) mass is 338 g/mol. The quantitative estimate of drug-likeness (QED) is 0.859. The van der Waals surface area contributed by atoms with Crippen LogP contribution < -0.4 is 5.32 Å². The van der Waals surface area contributed by atoms with Gasteiger partial charge in [0.1, 0.15) is 4.60 Å². The maximum Gasteiger partial charge on any atom is 0.253 e. The van der Waals surface area contributed by atoms with Gasteiger partial charge in [-0.1, -0.05) is 29.8 Å². The fourth-order valence-corrected chi connectivity index (χ4v) is 2.23. The predicted molar refractivity (Wildman–Crippen MR) is 79.3 cm³/mol. The summed E-state index contributed by atoms with van der Waals surface area (Å²) in [6.45, 7) is 1.89. The van der Waals surface area contributed by atoms with Gasteiger partial charge in [-0.3, -0.25) is 4.79 Å². The molecule has 1 amide bonds. The second kappa shape index (κ2) is 6.17. The maximum absolute atomic E-state index is 12.0. The van der Waals surface area contributed by atoms with E-state index in [4.69, 9.17) is 11.6 Å². The van der Waals surface area contributed by atoms with Crippen LogP contribution in [0, 0.1) is 0 Å². The lowest BCUT2D eigenvalue weighted by atomic mass is 10.1. The molecule has 0 spiro atoms. The van der Waals surface area contributed by atoms with Crippen molar-refractivity contribution in [2.75, 3.05) is 0 Å². The number of carbonyl (C=O) groups excluding carboxylic acids is 1. The Bertz CT molecular complexity index is 586. The zero-order chi connectivity index (χ0) is 13.8. The van der Waals surface area contributed by atoms with Crippen molar-refractivity contribution in [1.29, 1.82) is 0 Å². The zero-order valence-electron chi connectivity index (χ0n) is 10.2. The van der Waals surface area contributed by atoms with Crippen LogP contribution in [0.2, 0.25) is 5.02 Å². The first-order valence-corrected chi connectivity index (χ1v) is 6.92. The highest BCUT2D eigenvalue weighted by atomic mass is 79.9. The van der Waals surface area contributed by atoms with Crippen LogP contribution in [0.5, 0.6) is 0 Å². The van der Waals surface area contributed by atoms with Crippen LogP contribution in [0.4, 0.5) is 0 Å². The van der Waals surface area contributed by atoms with Crippen LogP contribution in [0.3, 0.4) is 0 Å². The molecule has 5 heteroatoms. The third-order valence-electron chi connectivity index (χ3n) is 2.71. The molecule has 0 aliphatic rings. The Morgan fingerprint density at radius 3 is 2.68 bits per heavy atom. The molecule has 0 fully saturated rings. The summed E-state index contributed by atoms with van der Waals surface area (Å²) in [6.07, 6.45) is 1.53. The highest BCUT2D eigenvalue weighted by Gasteiger charge is 2.13. The SMILES string of the molecule is CC(NC(=O)c1ccc(Br)nc1)c1ccccc1Cl. The molecule has 1 aromatic heterocycles. The van der Waals surface area contributed by atoms with E-state index in [0.717, 1.165) is 5.56 Å². The van der Waals surface area contributed by atoms with Crippen molar-refractivity contribution in [3.05, 3.63) is 63.3 Å². The van der Waals surface area contributed by atoms with Crippen LogP contribution in [0.15, 0.2) is 47.2 Å². The predicted octanol–water partition coefficient (Wildman–Crippen LogP) is 3.99. The summed E-state index contributed by atoms with van der Waals surface area (Å²) in [4.78, 5) is 16.1. The van der Waals surface area contributed by atoms with Crippen molar-refractivity contribution >= 4 is 33.4 Å². The molecule has 0 bridgehead atoms. The number of halogens is 2. The lowest BCUT2D eigenvalue weighted by Gasteiger charge is -2.15. The number of rotatable bonds is 3. The first-order valence-electron chi connectivity index (χ1n) is 5.75. The van der Waals surface area contributed by atoms with E-state index >= 15 is 0 Å². The van der Waals surface area contributed by atoms with E-state index < -0.39 is 0 Å². The molecule has 0 radical (unpaired) electrons. The summed E-state index contributed by atoms with van der Waals surface area (Å²) in [7, 11) is 0. The number of amides is 1. The van der Waals surface area contributed by atoms with Crippen LogP contribution in [-0.2, 0) is 0 Å². The number of hydrogen-bond acceptors (Lipinski definition) is 2. The standard InChI is InChI=1S/C14H12BrClN2O/c1-9(11-4-2-3-5-12(11)16)18-14(19)10-6-7-13(15)17-8-10/h2-9H,1H3,(H,18,19). The number of benzene rings is 1. The average molecular weight is 340 g/mol. The molecule has 1 aromatic carbocycles.